The zero-order valence-corrected chi connectivity index (χ0v) is 13.4. The van der Waals surface area contributed by atoms with Crippen molar-refractivity contribution in [2.75, 3.05) is 0 Å². The van der Waals surface area contributed by atoms with E-state index in [0.29, 0.717) is 24.2 Å². The Morgan fingerprint density at radius 1 is 1.09 bits per heavy atom. The van der Waals surface area contributed by atoms with Crippen LogP contribution in [0.1, 0.15) is 52.4 Å². The van der Waals surface area contributed by atoms with Gasteiger partial charge in [-0.25, -0.2) is 0 Å². The molecule has 1 heterocycles. The highest BCUT2D eigenvalue weighted by molar-refractivity contribution is 6.01. The van der Waals surface area contributed by atoms with Crippen LogP contribution < -0.4 is 0 Å². The van der Waals surface area contributed by atoms with Gasteiger partial charge < -0.3 is 4.74 Å². The molecule has 22 heavy (non-hydrogen) atoms. The first-order valence-electron chi connectivity index (χ1n) is 8.58. The second kappa shape index (κ2) is 4.56. The Kier molecular flexibility index (Phi) is 2.95. The molecule has 0 unspecified atom stereocenters. The maximum atomic E-state index is 11.7. The molecule has 3 heteroatoms. The van der Waals surface area contributed by atoms with Gasteiger partial charge in [-0.2, -0.15) is 0 Å². The van der Waals surface area contributed by atoms with Gasteiger partial charge in [0.05, 0.1) is 0 Å². The molecule has 2 saturated carbocycles. The Hall–Kier alpha value is -1.38. The molecule has 5 atom stereocenters. The van der Waals surface area contributed by atoms with Crippen LogP contribution in [0.3, 0.4) is 0 Å². The molecule has 1 aliphatic heterocycles. The van der Waals surface area contributed by atoms with Crippen LogP contribution in [0.25, 0.3) is 0 Å². The van der Waals surface area contributed by atoms with E-state index in [1.54, 1.807) is 6.08 Å². The summed E-state index contributed by atoms with van der Waals surface area (Å²) in [6, 6.07) is 0. The van der Waals surface area contributed by atoms with Crippen LogP contribution in [-0.4, -0.2) is 17.4 Å². The highest BCUT2D eigenvalue weighted by Gasteiger charge is 2.56. The summed E-state index contributed by atoms with van der Waals surface area (Å²) in [5.74, 6) is 1.77. The van der Waals surface area contributed by atoms with Gasteiger partial charge in [-0.1, -0.05) is 18.6 Å². The Bertz CT molecular complexity index is 602. The predicted octanol–water partition coefficient (Wildman–Crippen LogP) is 3.59. The van der Waals surface area contributed by atoms with Crippen LogP contribution in [0.5, 0.6) is 0 Å². The normalized spacial score (nSPS) is 47.0. The van der Waals surface area contributed by atoms with Crippen molar-refractivity contribution in [3.8, 4) is 0 Å². The van der Waals surface area contributed by atoms with Crippen molar-refractivity contribution in [3.63, 3.8) is 0 Å². The number of esters is 1. The lowest BCUT2D eigenvalue weighted by atomic mass is 9.49. The van der Waals surface area contributed by atoms with Crippen LogP contribution in [0.4, 0.5) is 0 Å². The summed E-state index contributed by atoms with van der Waals surface area (Å²) >= 11 is 0. The Morgan fingerprint density at radius 2 is 1.91 bits per heavy atom. The molecule has 0 aromatic rings. The zero-order valence-electron chi connectivity index (χ0n) is 13.4. The minimum Gasteiger partial charge on any atom is -0.459 e. The van der Waals surface area contributed by atoms with Crippen LogP contribution in [0, 0.1) is 23.2 Å². The standard InChI is InChI=1S/C19H24O3/c1-18-9-7-13(20)11-12(18)3-4-14-15(18)8-10-19(2)16(14)5-6-17(21)22-19/h7,9,11,14-16H,3-6,8,10H2,1-2H3/t14-,15+,16-,18+,19+/m1/s1. The van der Waals surface area contributed by atoms with Crippen molar-refractivity contribution in [2.24, 2.45) is 23.2 Å². The number of rotatable bonds is 0. The number of hydrogen-bond donors (Lipinski definition) is 0. The second-order valence-corrected chi connectivity index (χ2v) is 7.97. The van der Waals surface area contributed by atoms with Crippen LogP contribution in [0.2, 0.25) is 0 Å². The second-order valence-electron chi connectivity index (χ2n) is 7.97. The lowest BCUT2D eigenvalue weighted by Gasteiger charge is -2.58. The number of hydrogen-bond acceptors (Lipinski definition) is 3. The number of allylic oxidation sites excluding steroid dienone is 4. The van der Waals surface area contributed by atoms with E-state index in [0.717, 1.165) is 32.1 Å². The number of fused-ring (bicyclic) bond motifs is 5. The van der Waals surface area contributed by atoms with Crippen molar-refractivity contribution < 1.29 is 14.3 Å². The van der Waals surface area contributed by atoms with E-state index in [4.69, 9.17) is 4.74 Å². The minimum atomic E-state index is -0.262. The van der Waals surface area contributed by atoms with Crippen molar-refractivity contribution in [3.05, 3.63) is 23.8 Å². The summed E-state index contributed by atoms with van der Waals surface area (Å²) in [5, 5.41) is 0. The maximum Gasteiger partial charge on any atom is 0.306 e. The van der Waals surface area contributed by atoms with Gasteiger partial charge in [0.1, 0.15) is 5.60 Å². The number of carbonyl (C=O) groups is 2. The molecule has 0 amide bonds. The van der Waals surface area contributed by atoms with Crippen molar-refractivity contribution in [2.45, 2.75) is 58.0 Å². The fourth-order valence-electron chi connectivity index (χ4n) is 5.72. The van der Waals surface area contributed by atoms with Gasteiger partial charge in [-0.3, -0.25) is 9.59 Å². The van der Waals surface area contributed by atoms with Gasteiger partial charge in [0.15, 0.2) is 5.78 Å². The van der Waals surface area contributed by atoms with Gasteiger partial charge >= 0.3 is 5.97 Å². The number of ketones is 1. The smallest absolute Gasteiger partial charge is 0.306 e. The number of carbonyl (C=O) groups excluding carboxylic acids is 2. The van der Waals surface area contributed by atoms with E-state index in [1.165, 1.54) is 5.57 Å². The van der Waals surface area contributed by atoms with Crippen molar-refractivity contribution in [1.82, 2.24) is 0 Å². The average Bonchev–Trinajstić information content (AvgIpc) is 2.46. The molecule has 0 spiro atoms. The molecule has 3 aliphatic carbocycles. The van der Waals surface area contributed by atoms with Gasteiger partial charge in [0, 0.05) is 17.8 Å². The highest BCUT2D eigenvalue weighted by Crippen LogP contribution is 2.60. The summed E-state index contributed by atoms with van der Waals surface area (Å²) in [4.78, 5) is 23.4. The van der Waals surface area contributed by atoms with E-state index >= 15 is 0 Å². The first kappa shape index (κ1) is 14.2. The lowest BCUT2D eigenvalue weighted by Crippen LogP contribution is -2.56. The third kappa shape index (κ3) is 1.87. The third-order valence-electron chi connectivity index (χ3n) is 6.90. The molecule has 0 aromatic heterocycles. The Balaban J connectivity index is 1.68. The zero-order chi connectivity index (χ0) is 15.5. The lowest BCUT2D eigenvalue weighted by molar-refractivity contribution is -0.192. The Labute approximate surface area is 131 Å². The minimum absolute atomic E-state index is 0.0250. The van der Waals surface area contributed by atoms with E-state index < -0.39 is 0 Å². The van der Waals surface area contributed by atoms with Gasteiger partial charge in [-0.15, -0.1) is 0 Å². The molecule has 3 nitrogen and oxygen atoms in total. The largest absolute Gasteiger partial charge is 0.459 e. The Morgan fingerprint density at radius 3 is 2.73 bits per heavy atom. The molecule has 0 N–H and O–H groups in total. The fourth-order valence-corrected chi connectivity index (χ4v) is 5.72. The van der Waals surface area contributed by atoms with Gasteiger partial charge in [-0.05, 0) is 63.0 Å². The van der Waals surface area contributed by atoms with E-state index in [2.05, 4.69) is 19.9 Å². The molecule has 0 aromatic carbocycles. The summed E-state index contributed by atoms with van der Waals surface area (Å²) in [6.45, 7) is 4.44. The molecular formula is C19H24O3. The molecule has 0 radical (unpaired) electrons. The van der Waals surface area contributed by atoms with Crippen LogP contribution in [-0.2, 0) is 14.3 Å². The topological polar surface area (TPSA) is 43.4 Å². The quantitative estimate of drug-likeness (QED) is 0.642. The van der Waals surface area contributed by atoms with E-state index in [9.17, 15) is 9.59 Å². The molecule has 4 rings (SSSR count). The summed E-state index contributed by atoms with van der Waals surface area (Å²) in [5.41, 5.74) is 1.08. The van der Waals surface area contributed by atoms with Crippen molar-refractivity contribution >= 4 is 11.8 Å². The van der Waals surface area contributed by atoms with Crippen LogP contribution >= 0.6 is 0 Å². The van der Waals surface area contributed by atoms with Crippen LogP contribution in [0.15, 0.2) is 23.8 Å². The fraction of sp³-hybridized carbons (Fsp3) is 0.684. The molecule has 3 fully saturated rings. The summed E-state index contributed by atoms with van der Waals surface area (Å²) < 4.78 is 5.79. The molecule has 0 bridgehead atoms. The third-order valence-corrected chi connectivity index (χ3v) is 6.90. The molecule has 4 aliphatic rings. The van der Waals surface area contributed by atoms with E-state index in [-0.39, 0.29) is 22.8 Å². The SMILES string of the molecule is C[C@]12C=CC(=O)C=C1CC[C@H]1[C@H]3CCC(=O)O[C@@]3(C)CC[C@@H]12. The predicted molar refractivity (Wildman–Crippen MR) is 83.0 cm³/mol. The molecule has 1 saturated heterocycles. The van der Waals surface area contributed by atoms with Gasteiger partial charge in [0.2, 0.25) is 0 Å². The molecular weight excluding hydrogens is 276 g/mol. The first-order valence-corrected chi connectivity index (χ1v) is 8.58. The van der Waals surface area contributed by atoms with Gasteiger partial charge in [0.25, 0.3) is 0 Å². The van der Waals surface area contributed by atoms with E-state index in [1.807, 2.05) is 6.08 Å². The maximum absolute atomic E-state index is 11.7. The number of ether oxygens (including phenoxy) is 1. The highest BCUT2D eigenvalue weighted by atomic mass is 16.6. The average molecular weight is 300 g/mol. The molecule has 118 valence electrons. The summed E-state index contributed by atoms with van der Waals surface area (Å²) in [6.07, 6.45) is 11.5. The van der Waals surface area contributed by atoms with Crippen molar-refractivity contribution in [1.29, 1.82) is 0 Å². The monoisotopic (exact) mass is 300 g/mol. The summed E-state index contributed by atoms with van der Waals surface area (Å²) in [7, 11) is 0. The first-order chi connectivity index (χ1) is 10.4.